The van der Waals surface area contributed by atoms with Crippen LogP contribution >= 0.6 is 24.0 Å². The fourth-order valence-corrected chi connectivity index (χ4v) is 1.97. The van der Waals surface area contributed by atoms with E-state index in [0.29, 0.717) is 18.5 Å². The van der Waals surface area contributed by atoms with Crippen molar-refractivity contribution in [1.29, 1.82) is 0 Å². The molecule has 1 aromatic heterocycles. The summed E-state index contributed by atoms with van der Waals surface area (Å²) in [5.74, 6) is -0.382. The van der Waals surface area contributed by atoms with Gasteiger partial charge in [-0.25, -0.2) is 14.6 Å². The first-order valence-electron chi connectivity index (χ1n) is 5.65. The van der Waals surface area contributed by atoms with E-state index in [-0.39, 0.29) is 36.0 Å². The zero-order chi connectivity index (χ0) is 12.5. The maximum atomic E-state index is 12.0. The zero-order valence-electron chi connectivity index (χ0n) is 9.91. The summed E-state index contributed by atoms with van der Waals surface area (Å²) in [6.45, 7) is 0.356. The van der Waals surface area contributed by atoms with E-state index in [0.717, 1.165) is 5.52 Å². The number of ether oxygens (including phenoxy) is 1. The summed E-state index contributed by atoms with van der Waals surface area (Å²) in [5, 5.41) is 2.63. The number of aromatic nitrogens is 2. The first kappa shape index (κ1) is 13.8. The molecule has 19 heavy (non-hydrogen) atoms. The Balaban J connectivity index is 0.00000133. The Morgan fingerprint density at radius 2 is 2.21 bits per heavy atom. The van der Waals surface area contributed by atoms with Gasteiger partial charge in [-0.2, -0.15) is 0 Å². The molecule has 2 heterocycles. The molecule has 1 aliphatic heterocycles. The molecule has 1 amide bonds. The highest BCUT2D eigenvalue weighted by atomic mass is 127. The van der Waals surface area contributed by atoms with Crippen LogP contribution in [0.5, 0.6) is 0 Å². The minimum atomic E-state index is -0.557. The van der Waals surface area contributed by atoms with E-state index in [4.69, 9.17) is 4.74 Å². The quantitative estimate of drug-likeness (QED) is 0.608. The van der Waals surface area contributed by atoms with E-state index in [1.807, 2.05) is 18.2 Å². The second kappa shape index (κ2) is 5.55. The number of amides is 1. The van der Waals surface area contributed by atoms with Gasteiger partial charge in [0.1, 0.15) is 12.4 Å². The third kappa shape index (κ3) is 2.55. The molecule has 1 aromatic carbocycles. The number of imidazole rings is 1. The second-order valence-electron chi connectivity index (χ2n) is 4.06. The van der Waals surface area contributed by atoms with E-state index < -0.39 is 6.04 Å². The summed E-state index contributed by atoms with van der Waals surface area (Å²) in [6.07, 6.45) is 1.96. The predicted octanol–water partition coefficient (Wildman–Crippen LogP) is 1.53. The van der Waals surface area contributed by atoms with Crippen molar-refractivity contribution in [3.05, 3.63) is 30.6 Å². The number of hydrogen-bond acceptors (Lipinski definition) is 4. The number of hydrogen-bond donors (Lipinski definition) is 1. The molecule has 1 saturated heterocycles. The molecule has 2 aromatic rings. The highest BCUT2D eigenvalue weighted by Crippen LogP contribution is 2.12. The number of nitrogens with one attached hydrogen (secondary N) is 1. The van der Waals surface area contributed by atoms with Crippen LogP contribution in [0.1, 0.15) is 6.42 Å². The van der Waals surface area contributed by atoms with Crippen LogP contribution in [-0.4, -0.2) is 34.2 Å². The van der Waals surface area contributed by atoms with Crippen LogP contribution < -0.4 is 5.32 Å². The van der Waals surface area contributed by atoms with Crippen molar-refractivity contribution in [3.8, 4) is 0 Å². The molecular formula is C12H12IN3O3. The fraction of sp³-hybridized carbons (Fsp3) is 0.250. The van der Waals surface area contributed by atoms with Crippen molar-refractivity contribution >= 4 is 47.0 Å². The maximum Gasteiger partial charge on any atom is 0.328 e. The zero-order valence-corrected chi connectivity index (χ0v) is 12.2. The van der Waals surface area contributed by atoms with E-state index in [1.54, 1.807) is 6.07 Å². The van der Waals surface area contributed by atoms with E-state index in [2.05, 4.69) is 10.3 Å². The predicted molar refractivity (Wildman–Crippen MR) is 78.4 cm³/mol. The Morgan fingerprint density at radius 1 is 1.42 bits per heavy atom. The van der Waals surface area contributed by atoms with Crippen LogP contribution in [-0.2, 0) is 9.53 Å². The van der Waals surface area contributed by atoms with E-state index in [1.165, 1.54) is 10.9 Å². The molecule has 6 nitrogen and oxygen atoms in total. The Kier molecular flexibility index (Phi) is 4.03. The number of halogens is 1. The molecule has 1 N–H and O–H groups in total. The first-order chi connectivity index (χ1) is 8.75. The Hall–Kier alpha value is -1.64. The van der Waals surface area contributed by atoms with Crippen molar-refractivity contribution < 1.29 is 14.3 Å². The largest absolute Gasteiger partial charge is 0.464 e. The number of carbonyl (C=O) groups is 2. The molecule has 1 aliphatic rings. The van der Waals surface area contributed by atoms with Crippen molar-refractivity contribution in [3.63, 3.8) is 0 Å². The number of cyclic esters (lactones) is 1. The van der Waals surface area contributed by atoms with Crippen molar-refractivity contribution in [2.75, 3.05) is 6.61 Å². The average Bonchev–Trinajstić information content (AvgIpc) is 2.96. The fourth-order valence-electron chi connectivity index (χ4n) is 1.97. The number of nitrogens with zero attached hydrogens (tertiary/aromatic N) is 2. The lowest BCUT2D eigenvalue weighted by Gasteiger charge is -2.09. The number of benzene rings is 1. The highest BCUT2D eigenvalue weighted by molar-refractivity contribution is 14.0. The molecule has 100 valence electrons. The minimum absolute atomic E-state index is 0. The lowest BCUT2D eigenvalue weighted by Crippen LogP contribution is -2.40. The molecule has 1 atom stereocenters. The molecule has 0 unspecified atom stereocenters. The van der Waals surface area contributed by atoms with Gasteiger partial charge in [0.25, 0.3) is 0 Å². The normalized spacial score (nSPS) is 17.9. The van der Waals surface area contributed by atoms with Gasteiger partial charge in [-0.05, 0) is 12.1 Å². The van der Waals surface area contributed by atoms with Gasteiger partial charge in [-0.15, -0.1) is 24.0 Å². The Labute approximate surface area is 126 Å². The molecule has 0 radical (unpaired) electrons. The highest BCUT2D eigenvalue weighted by Gasteiger charge is 2.28. The van der Waals surface area contributed by atoms with Crippen LogP contribution in [0.3, 0.4) is 0 Å². The maximum absolute atomic E-state index is 12.0. The lowest BCUT2D eigenvalue weighted by atomic mass is 10.2. The number of rotatable bonds is 1. The molecule has 0 saturated carbocycles. The third-order valence-corrected chi connectivity index (χ3v) is 2.91. The summed E-state index contributed by atoms with van der Waals surface area (Å²) in [4.78, 5) is 27.4. The summed E-state index contributed by atoms with van der Waals surface area (Å²) >= 11 is 0. The molecule has 0 bridgehead atoms. The van der Waals surface area contributed by atoms with Crippen molar-refractivity contribution in [1.82, 2.24) is 14.9 Å². The summed E-state index contributed by atoms with van der Waals surface area (Å²) < 4.78 is 6.18. The molecular weight excluding hydrogens is 361 g/mol. The minimum Gasteiger partial charge on any atom is -0.464 e. The van der Waals surface area contributed by atoms with Gasteiger partial charge in [-0.1, -0.05) is 12.1 Å². The topological polar surface area (TPSA) is 73.2 Å². The summed E-state index contributed by atoms with van der Waals surface area (Å²) in [6, 6.07) is 6.38. The summed E-state index contributed by atoms with van der Waals surface area (Å²) in [5.41, 5.74) is 1.45. The van der Waals surface area contributed by atoms with Crippen molar-refractivity contribution in [2.45, 2.75) is 12.5 Å². The van der Waals surface area contributed by atoms with Crippen LogP contribution in [0.2, 0.25) is 0 Å². The van der Waals surface area contributed by atoms with Gasteiger partial charge >= 0.3 is 12.0 Å². The number of fused-ring (bicyclic) bond motifs is 1. The second-order valence-corrected chi connectivity index (χ2v) is 4.06. The Morgan fingerprint density at radius 3 is 2.95 bits per heavy atom. The van der Waals surface area contributed by atoms with Gasteiger partial charge < -0.3 is 10.1 Å². The average molecular weight is 373 g/mol. The molecule has 0 aliphatic carbocycles. The SMILES string of the molecule is I.O=C1OCC[C@H]1NC(=O)n1cnc2ccccc21. The van der Waals surface area contributed by atoms with Crippen molar-refractivity contribution in [2.24, 2.45) is 0 Å². The van der Waals surface area contributed by atoms with E-state index in [9.17, 15) is 9.59 Å². The van der Waals surface area contributed by atoms with Gasteiger partial charge in [0.15, 0.2) is 0 Å². The number of para-hydroxylation sites is 2. The molecule has 1 fully saturated rings. The smallest absolute Gasteiger partial charge is 0.328 e. The van der Waals surface area contributed by atoms with Crippen LogP contribution in [0.15, 0.2) is 30.6 Å². The lowest BCUT2D eigenvalue weighted by molar-refractivity contribution is -0.139. The van der Waals surface area contributed by atoms with Gasteiger partial charge in [0, 0.05) is 6.42 Å². The number of carbonyl (C=O) groups excluding carboxylic acids is 2. The third-order valence-electron chi connectivity index (χ3n) is 2.91. The molecule has 7 heteroatoms. The van der Waals surface area contributed by atoms with E-state index >= 15 is 0 Å². The summed E-state index contributed by atoms with van der Waals surface area (Å²) in [7, 11) is 0. The Bertz CT molecular complexity index is 625. The molecule has 0 spiro atoms. The van der Waals surface area contributed by atoms with Crippen LogP contribution in [0.25, 0.3) is 11.0 Å². The van der Waals surface area contributed by atoms with Crippen LogP contribution in [0.4, 0.5) is 4.79 Å². The monoisotopic (exact) mass is 373 g/mol. The first-order valence-corrected chi connectivity index (χ1v) is 5.65. The number of esters is 1. The van der Waals surface area contributed by atoms with Gasteiger partial charge in [-0.3, -0.25) is 4.57 Å². The van der Waals surface area contributed by atoms with Crippen LogP contribution in [0, 0.1) is 0 Å². The molecule has 3 rings (SSSR count). The van der Waals surface area contributed by atoms with Gasteiger partial charge in [0.05, 0.1) is 17.6 Å². The standard InChI is InChI=1S/C12H11N3O3.HI/c16-11-9(5-6-18-11)14-12(17)15-7-13-8-3-1-2-4-10(8)15;/h1-4,7,9H,5-6H2,(H,14,17);1H/t9-;/m1./s1. The van der Waals surface area contributed by atoms with Gasteiger partial charge in [0.2, 0.25) is 0 Å².